The molecule has 0 radical (unpaired) electrons. The summed E-state index contributed by atoms with van der Waals surface area (Å²) in [5.74, 6) is 0.857. The molecule has 17 heavy (non-hydrogen) atoms. The van der Waals surface area contributed by atoms with E-state index in [0.717, 1.165) is 24.1 Å². The topological polar surface area (TPSA) is 50.7 Å². The summed E-state index contributed by atoms with van der Waals surface area (Å²) in [5, 5.41) is 9.33. The van der Waals surface area contributed by atoms with E-state index in [2.05, 4.69) is 17.1 Å². The molecule has 0 bridgehead atoms. The minimum atomic E-state index is 0.280. The smallest absolute Gasteiger partial charge is 0.123 e. The Morgan fingerprint density at radius 2 is 1.88 bits per heavy atom. The van der Waals surface area contributed by atoms with E-state index in [4.69, 9.17) is 28.9 Å². The maximum absolute atomic E-state index is 5.99. The second kappa shape index (κ2) is 5.07. The molecule has 0 saturated heterocycles. The van der Waals surface area contributed by atoms with Gasteiger partial charge in [0, 0.05) is 27.9 Å². The standard InChI is InChI=1S/C12H13Cl2N3/c1-2-7-5-11(15)16-17-12(7)8-3-9(13)6-10(14)4-8/h3-4,6-7H,2,5H2,1H3,(H2,15,16). The second-order valence-electron chi connectivity index (χ2n) is 4.04. The molecule has 0 aromatic heterocycles. The number of nitrogens with zero attached hydrogens (tertiary/aromatic N) is 2. The number of nitrogens with two attached hydrogens (primary N) is 1. The van der Waals surface area contributed by atoms with Crippen LogP contribution < -0.4 is 5.73 Å². The first-order chi connectivity index (χ1) is 8.10. The first-order valence-corrected chi connectivity index (χ1v) is 6.22. The molecule has 5 heteroatoms. The van der Waals surface area contributed by atoms with Gasteiger partial charge in [-0.05, 0) is 24.6 Å². The Morgan fingerprint density at radius 1 is 1.24 bits per heavy atom. The third-order valence-corrected chi connectivity index (χ3v) is 3.22. The molecule has 1 aliphatic rings. The van der Waals surface area contributed by atoms with Crippen molar-refractivity contribution in [1.29, 1.82) is 0 Å². The maximum Gasteiger partial charge on any atom is 0.123 e. The molecular formula is C12H13Cl2N3. The predicted octanol–water partition coefficient (Wildman–Crippen LogP) is 3.48. The van der Waals surface area contributed by atoms with Crippen LogP contribution in [0.5, 0.6) is 0 Å². The van der Waals surface area contributed by atoms with Crippen LogP contribution in [0.25, 0.3) is 0 Å². The van der Waals surface area contributed by atoms with Gasteiger partial charge in [0.2, 0.25) is 0 Å². The van der Waals surface area contributed by atoms with Gasteiger partial charge in [-0.25, -0.2) is 0 Å². The minimum Gasteiger partial charge on any atom is -0.386 e. The highest BCUT2D eigenvalue weighted by atomic mass is 35.5. The van der Waals surface area contributed by atoms with E-state index < -0.39 is 0 Å². The van der Waals surface area contributed by atoms with E-state index in [0.29, 0.717) is 15.9 Å². The van der Waals surface area contributed by atoms with Crippen LogP contribution in [0.2, 0.25) is 10.0 Å². The summed E-state index contributed by atoms with van der Waals surface area (Å²) >= 11 is 12.0. The minimum absolute atomic E-state index is 0.280. The molecule has 0 amide bonds. The molecule has 1 heterocycles. The van der Waals surface area contributed by atoms with Gasteiger partial charge in [0.05, 0.1) is 5.71 Å². The molecule has 0 fully saturated rings. The van der Waals surface area contributed by atoms with E-state index in [9.17, 15) is 0 Å². The van der Waals surface area contributed by atoms with E-state index >= 15 is 0 Å². The molecule has 1 aliphatic heterocycles. The highest BCUT2D eigenvalue weighted by Crippen LogP contribution is 2.25. The monoisotopic (exact) mass is 269 g/mol. The van der Waals surface area contributed by atoms with Gasteiger partial charge < -0.3 is 5.73 Å². The number of hydrogen-bond acceptors (Lipinski definition) is 3. The number of rotatable bonds is 2. The Balaban J connectivity index is 2.44. The number of benzene rings is 1. The van der Waals surface area contributed by atoms with Crippen LogP contribution >= 0.6 is 23.2 Å². The third-order valence-electron chi connectivity index (χ3n) is 2.78. The Hall–Kier alpha value is -1.06. The summed E-state index contributed by atoms with van der Waals surface area (Å²) in [6, 6.07) is 5.41. The maximum atomic E-state index is 5.99. The van der Waals surface area contributed by atoms with Gasteiger partial charge >= 0.3 is 0 Å². The average molecular weight is 270 g/mol. The van der Waals surface area contributed by atoms with Crippen LogP contribution in [0.4, 0.5) is 0 Å². The normalized spacial score (nSPS) is 19.8. The van der Waals surface area contributed by atoms with E-state index in [1.165, 1.54) is 0 Å². The second-order valence-corrected chi connectivity index (χ2v) is 4.92. The van der Waals surface area contributed by atoms with E-state index in [1.54, 1.807) is 6.07 Å². The van der Waals surface area contributed by atoms with Crippen LogP contribution in [0.15, 0.2) is 28.4 Å². The molecule has 0 spiro atoms. The summed E-state index contributed by atoms with van der Waals surface area (Å²) in [4.78, 5) is 0. The SMILES string of the molecule is CCC1CC(N)=NN=C1c1cc(Cl)cc(Cl)c1. The van der Waals surface area contributed by atoms with E-state index in [1.807, 2.05) is 12.1 Å². The van der Waals surface area contributed by atoms with Gasteiger partial charge in [0.1, 0.15) is 5.84 Å². The van der Waals surface area contributed by atoms with Gasteiger partial charge in [-0.15, -0.1) is 5.10 Å². The quantitative estimate of drug-likeness (QED) is 0.878. The predicted molar refractivity (Wildman–Crippen MR) is 73.0 cm³/mol. The lowest BCUT2D eigenvalue weighted by Gasteiger charge is -2.20. The molecular weight excluding hydrogens is 257 g/mol. The molecule has 0 saturated carbocycles. The molecule has 3 nitrogen and oxygen atoms in total. The number of halogens is 2. The Bertz CT molecular complexity index is 474. The summed E-state index contributed by atoms with van der Waals surface area (Å²) in [6.45, 7) is 2.10. The molecule has 1 aromatic carbocycles. The third kappa shape index (κ3) is 2.79. The lowest BCUT2D eigenvalue weighted by Crippen LogP contribution is -2.26. The zero-order chi connectivity index (χ0) is 12.4. The molecule has 0 aliphatic carbocycles. The van der Waals surface area contributed by atoms with Crippen molar-refractivity contribution in [3.63, 3.8) is 0 Å². The number of hydrogen-bond donors (Lipinski definition) is 1. The lowest BCUT2D eigenvalue weighted by atomic mass is 9.90. The van der Waals surface area contributed by atoms with Gasteiger partial charge in [0.25, 0.3) is 0 Å². The van der Waals surface area contributed by atoms with Crippen molar-refractivity contribution in [2.75, 3.05) is 0 Å². The van der Waals surface area contributed by atoms with Crippen molar-refractivity contribution in [3.05, 3.63) is 33.8 Å². The first-order valence-electron chi connectivity index (χ1n) is 5.46. The molecule has 1 aromatic rings. The fourth-order valence-corrected chi connectivity index (χ4v) is 2.45. The van der Waals surface area contributed by atoms with Crippen molar-refractivity contribution < 1.29 is 0 Å². The van der Waals surface area contributed by atoms with Crippen LogP contribution in [-0.4, -0.2) is 11.5 Å². The van der Waals surface area contributed by atoms with Crippen molar-refractivity contribution >= 4 is 34.7 Å². The fraction of sp³-hybridized carbons (Fsp3) is 0.333. The van der Waals surface area contributed by atoms with Gasteiger partial charge in [0.15, 0.2) is 0 Å². The molecule has 90 valence electrons. The van der Waals surface area contributed by atoms with Crippen molar-refractivity contribution in [3.8, 4) is 0 Å². The highest BCUT2D eigenvalue weighted by Gasteiger charge is 2.21. The Labute approximate surface area is 110 Å². The Kier molecular flexibility index (Phi) is 3.69. The summed E-state index contributed by atoms with van der Waals surface area (Å²) < 4.78 is 0. The summed E-state index contributed by atoms with van der Waals surface area (Å²) in [6.07, 6.45) is 1.69. The van der Waals surface area contributed by atoms with Crippen molar-refractivity contribution in [1.82, 2.24) is 0 Å². The average Bonchev–Trinajstić information content (AvgIpc) is 2.27. The van der Waals surface area contributed by atoms with Crippen LogP contribution in [-0.2, 0) is 0 Å². The fourth-order valence-electron chi connectivity index (χ4n) is 1.92. The van der Waals surface area contributed by atoms with Crippen LogP contribution in [0.1, 0.15) is 25.3 Å². The van der Waals surface area contributed by atoms with Gasteiger partial charge in [-0.3, -0.25) is 0 Å². The highest BCUT2D eigenvalue weighted by molar-refractivity contribution is 6.35. The number of amidine groups is 1. The van der Waals surface area contributed by atoms with Gasteiger partial charge in [-0.2, -0.15) is 5.10 Å². The molecule has 1 unspecified atom stereocenters. The zero-order valence-corrected chi connectivity index (χ0v) is 11.0. The van der Waals surface area contributed by atoms with Gasteiger partial charge in [-0.1, -0.05) is 30.1 Å². The van der Waals surface area contributed by atoms with Crippen LogP contribution in [0, 0.1) is 5.92 Å². The van der Waals surface area contributed by atoms with E-state index in [-0.39, 0.29) is 5.92 Å². The van der Waals surface area contributed by atoms with Crippen LogP contribution in [0.3, 0.4) is 0 Å². The summed E-state index contributed by atoms with van der Waals surface area (Å²) in [7, 11) is 0. The van der Waals surface area contributed by atoms with Crippen molar-refractivity contribution in [2.24, 2.45) is 21.9 Å². The molecule has 2 rings (SSSR count). The Morgan fingerprint density at radius 3 is 2.47 bits per heavy atom. The summed E-state index contributed by atoms with van der Waals surface area (Å²) in [5.41, 5.74) is 7.52. The zero-order valence-electron chi connectivity index (χ0n) is 9.45. The van der Waals surface area contributed by atoms with Crippen molar-refractivity contribution in [2.45, 2.75) is 19.8 Å². The molecule has 1 atom stereocenters. The first kappa shape index (κ1) is 12.4. The lowest BCUT2D eigenvalue weighted by molar-refractivity contribution is 0.677. The largest absolute Gasteiger partial charge is 0.386 e. The molecule has 2 N–H and O–H groups in total.